The molecule has 1 rings (SSSR count). The molecule has 2 amide bonds. The van der Waals surface area contributed by atoms with E-state index in [1.54, 1.807) is 0 Å². The lowest BCUT2D eigenvalue weighted by Crippen LogP contribution is -2.59. The van der Waals surface area contributed by atoms with E-state index >= 15 is 0 Å². The van der Waals surface area contributed by atoms with Crippen molar-refractivity contribution < 1.29 is 19.5 Å². The van der Waals surface area contributed by atoms with Crippen LogP contribution in [0.3, 0.4) is 0 Å². The predicted octanol–water partition coefficient (Wildman–Crippen LogP) is -2.31. The molecule has 1 aliphatic heterocycles. The van der Waals surface area contributed by atoms with E-state index < -0.39 is 23.8 Å². The highest BCUT2D eigenvalue weighted by molar-refractivity contribution is 6.07. The standard InChI is InChI=1S/C5H6N2O4/c8-2-1-6-4(9)3(7-2)5(10)11/h3H,1H2,(H,6,9)(H,7,8)(H,10,11)/t3-/m1/s1. The number of nitrogens with one attached hydrogen (secondary N) is 2. The van der Waals surface area contributed by atoms with Gasteiger partial charge in [0, 0.05) is 0 Å². The molecule has 0 unspecified atom stereocenters. The SMILES string of the molecule is O=C1CNC(=O)[C@H](C(=O)O)N1. The van der Waals surface area contributed by atoms with Gasteiger partial charge in [-0.15, -0.1) is 0 Å². The Morgan fingerprint density at radius 3 is 2.64 bits per heavy atom. The van der Waals surface area contributed by atoms with Gasteiger partial charge in [0.1, 0.15) is 0 Å². The summed E-state index contributed by atoms with van der Waals surface area (Å²) in [4.78, 5) is 31.4. The minimum absolute atomic E-state index is 0.150. The van der Waals surface area contributed by atoms with Crippen LogP contribution in [-0.4, -0.2) is 35.5 Å². The molecule has 0 aromatic rings. The molecule has 11 heavy (non-hydrogen) atoms. The van der Waals surface area contributed by atoms with Crippen LogP contribution in [0.25, 0.3) is 0 Å². The molecule has 1 saturated heterocycles. The molecule has 0 radical (unpaired) electrons. The van der Waals surface area contributed by atoms with Crippen LogP contribution >= 0.6 is 0 Å². The van der Waals surface area contributed by atoms with E-state index in [1.165, 1.54) is 0 Å². The van der Waals surface area contributed by atoms with Crippen molar-refractivity contribution in [2.45, 2.75) is 6.04 Å². The third-order valence-electron chi connectivity index (χ3n) is 1.24. The number of amides is 2. The van der Waals surface area contributed by atoms with Crippen LogP contribution in [-0.2, 0) is 14.4 Å². The number of carbonyl (C=O) groups excluding carboxylic acids is 2. The van der Waals surface area contributed by atoms with Crippen molar-refractivity contribution >= 4 is 17.8 Å². The number of hydrogen-bond acceptors (Lipinski definition) is 3. The number of hydrogen-bond donors (Lipinski definition) is 3. The quantitative estimate of drug-likeness (QED) is 0.373. The van der Waals surface area contributed by atoms with E-state index in [-0.39, 0.29) is 6.54 Å². The number of piperazine rings is 1. The maximum atomic E-state index is 10.7. The van der Waals surface area contributed by atoms with E-state index in [0.29, 0.717) is 0 Å². The van der Waals surface area contributed by atoms with Crippen molar-refractivity contribution in [1.29, 1.82) is 0 Å². The molecule has 0 aromatic carbocycles. The molecule has 0 aromatic heterocycles. The number of carboxylic acids is 1. The third kappa shape index (κ3) is 1.46. The average Bonchev–Trinajstić information content (AvgIpc) is 1.94. The number of rotatable bonds is 1. The molecule has 0 aliphatic carbocycles. The monoisotopic (exact) mass is 158 g/mol. The van der Waals surface area contributed by atoms with Crippen LogP contribution in [0, 0.1) is 0 Å². The van der Waals surface area contributed by atoms with E-state index in [9.17, 15) is 14.4 Å². The first-order valence-electron chi connectivity index (χ1n) is 2.91. The Morgan fingerprint density at radius 2 is 2.18 bits per heavy atom. The van der Waals surface area contributed by atoms with Gasteiger partial charge in [0.15, 0.2) is 0 Å². The molecule has 6 nitrogen and oxygen atoms in total. The molecule has 60 valence electrons. The minimum Gasteiger partial charge on any atom is -0.479 e. The minimum atomic E-state index is -1.43. The molecular formula is C5H6N2O4. The summed E-state index contributed by atoms with van der Waals surface area (Å²) in [5, 5.41) is 12.5. The molecule has 3 N–H and O–H groups in total. The fourth-order valence-corrected chi connectivity index (χ4v) is 0.721. The highest BCUT2D eigenvalue weighted by Gasteiger charge is 2.31. The van der Waals surface area contributed by atoms with Gasteiger partial charge in [0.2, 0.25) is 11.9 Å². The summed E-state index contributed by atoms with van der Waals surface area (Å²) >= 11 is 0. The number of carboxylic acid groups (broad SMARTS) is 1. The second-order valence-electron chi connectivity index (χ2n) is 2.06. The Balaban J connectivity index is 2.69. The summed E-state index contributed by atoms with van der Waals surface area (Å²) in [6, 6.07) is -1.43. The third-order valence-corrected chi connectivity index (χ3v) is 1.24. The van der Waals surface area contributed by atoms with Crippen LogP contribution < -0.4 is 10.6 Å². The van der Waals surface area contributed by atoms with Crippen molar-refractivity contribution in [3.8, 4) is 0 Å². The molecule has 1 heterocycles. The van der Waals surface area contributed by atoms with E-state index in [2.05, 4.69) is 5.32 Å². The lowest BCUT2D eigenvalue weighted by atomic mass is 10.2. The van der Waals surface area contributed by atoms with Crippen molar-refractivity contribution in [3.05, 3.63) is 0 Å². The zero-order chi connectivity index (χ0) is 8.43. The van der Waals surface area contributed by atoms with Crippen LogP contribution in [0.1, 0.15) is 0 Å². The van der Waals surface area contributed by atoms with Gasteiger partial charge in [-0.3, -0.25) is 9.59 Å². The highest BCUT2D eigenvalue weighted by atomic mass is 16.4. The summed E-state index contributed by atoms with van der Waals surface area (Å²) in [5.41, 5.74) is 0. The average molecular weight is 158 g/mol. The molecule has 0 saturated carbocycles. The van der Waals surface area contributed by atoms with E-state index in [4.69, 9.17) is 5.11 Å². The largest absolute Gasteiger partial charge is 0.479 e. The van der Waals surface area contributed by atoms with E-state index in [1.807, 2.05) is 5.32 Å². The lowest BCUT2D eigenvalue weighted by Gasteiger charge is -2.19. The zero-order valence-electron chi connectivity index (χ0n) is 5.46. The maximum Gasteiger partial charge on any atom is 0.336 e. The van der Waals surface area contributed by atoms with Crippen molar-refractivity contribution in [2.75, 3.05) is 6.54 Å². The summed E-state index contributed by atoms with van der Waals surface area (Å²) in [5.74, 6) is -2.52. The van der Waals surface area contributed by atoms with Crippen LogP contribution in [0.15, 0.2) is 0 Å². The first-order chi connectivity index (χ1) is 5.11. The molecule has 1 atom stereocenters. The smallest absolute Gasteiger partial charge is 0.336 e. The highest BCUT2D eigenvalue weighted by Crippen LogP contribution is 1.89. The second kappa shape index (κ2) is 2.57. The molecule has 0 bridgehead atoms. The van der Waals surface area contributed by atoms with Gasteiger partial charge >= 0.3 is 5.97 Å². The van der Waals surface area contributed by atoms with Gasteiger partial charge in [0.05, 0.1) is 6.54 Å². The molecule has 6 heteroatoms. The molecule has 1 fully saturated rings. The Labute approximate surface area is 61.6 Å². The van der Waals surface area contributed by atoms with Gasteiger partial charge in [-0.25, -0.2) is 4.79 Å². The van der Waals surface area contributed by atoms with Gasteiger partial charge in [-0.1, -0.05) is 0 Å². The van der Waals surface area contributed by atoms with Crippen molar-refractivity contribution in [3.63, 3.8) is 0 Å². The summed E-state index contributed by atoms with van der Waals surface area (Å²) in [6.07, 6.45) is 0. The summed E-state index contributed by atoms with van der Waals surface area (Å²) in [6.45, 7) is -0.150. The van der Waals surface area contributed by atoms with Crippen LogP contribution in [0.5, 0.6) is 0 Å². The van der Waals surface area contributed by atoms with Gasteiger partial charge < -0.3 is 15.7 Å². The summed E-state index contributed by atoms with van der Waals surface area (Å²) in [7, 11) is 0. The Kier molecular flexibility index (Phi) is 1.75. The second-order valence-corrected chi connectivity index (χ2v) is 2.06. The maximum absolute atomic E-state index is 10.7. The van der Waals surface area contributed by atoms with Crippen LogP contribution in [0.4, 0.5) is 0 Å². The molecule has 1 aliphatic rings. The van der Waals surface area contributed by atoms with Crippen molar-refractivity contribution in [2.24, 2.45) is 0 Å². The lowest BCUT2D eigenvalue weighted by molar-refractivity contribution is -0.148. The molecule has 0 spiro atoms. The Hall–Kier alpha value is -1.59. The first-order valence-corrected chi connectivity index (χ1v) is 2.91. The topological polar surface area (TPSA) is 95.5 Å². The van der Waals surface area contributed by atoms with Crippen LogP contribution in [0.2, 0.25) is 0 Å². The normalized spacial score (nSPS) is 23.8. The van der Waals surface area contributed by atoms with E-state index in [0.717, 1.165) is 0 Å². The number of carbonyl (C=O) groups is 3. The fourth-order valence-electron chi connectivity index (χ4n) is 0.721. The van der Waals surface area contributed by atoms with Gasteiger partial charge in [-0.2, -0.15) is 0 Å². The predicted molar refractivity (Wildman–Crippen MR) is 32.6 cm³/mol. The van der Waals surface area contributed by atoms with Gasteiger partial charge in [0.25, 0.3) is 5.91 Å². The van der Waals surface area contributed by atoms with Crippen molar-refractivity contribution in [1.82, 2.24) is 10.6 Å². The van der Waals surface area contributed by atoms with Gasteiger partial charge in [-0.05, 0) is 0 Å². The number of aliphatic carboxylic acids is 1. The fraction of sp³-hybridized carbons (Fsp3) is 0.400. The summed E-state index contributed by atoms with van der Waals surface area (Å²) < 4.78 is 0. The molecular weight excluding hydrogens is 152 g/mol. The zero-order valence-corrected chi connectivity index (χ0v) is 5.46. The first kappa shape index (κ1) is 7.52. The Morgan fingerprint density at radius 1 is 1.55 bits per heavy atom. The Bertz CT molecular complexity index is 225.